The van der Waals surface area contributed by atoms with Crippen LogP contribution >= 0.6 is 0 Å². The second kappa shape index (κ2) is 5.17. The monoisotopic (exact) mass is 255 g/mol. The van der Waals surface area contributed by atoms with E-state index in [1.54, 1.807) is 0 Å². The summed E-state index contributed by atoms with van der Waals surface area (Å²) in [6.45, 7) is 5.62. The van der Waals surface area contributed by atoms with Crippen molar-refractivity contribution in [1.82, 2.24) is 5.32 Å². The lowest BCUT2D eigenvalue weighted by Gasteiger charge is -2.48. The summed E-state index contributed by atoms with van der Waals surface area (Å²) in [4.78, 5) is 11.8. The van der Waals surface area contributed by atoms with Crippen LogP contribution in [0.25, 0.3) is 0 Å². The van der Waals surface area contributed by atoms with Crippen LogP contribution in [-0.4, -0.2) is 35.9 Å². The average molecular weight is 255 g/mol. The Morgan fingerprint density at radius 2 is 2.06 bits per heavy atom. The van der Waals surface area contributed by atoms with E-state index in [9.17, 15) is 9.90 Å². The summed E-state index contributed by atoms with van der Waals surface area (Å²) in [6.07, 6.45) is 6.15. The first-order valence-electron chi connectivity index (χ1n) is 7.08. The van der Waals surface area contributed by atoms with Gasteiger partial charge in [0, 0.05) is 13.2 Å². The van der Waals surface area contributed by atoms with E-state index in [2.05, 4.69) is 19.2 Å². The van der Waals surface area contributed by atoms with E-state index in [1.807, 2.05) is 0 Å². The zero-order valence-electron chi connectivity index (χ0n) is 11.5. The molecule has 0 amide bonds. The van der Waals surface area contributed by atoms with Crippen LogP contribution in [0.5, 0.6) is 0 Å². The van der Waals surface area contributed by atoms with Crippen molar-refractivity contribution < 1.29 is 14.6 Å². The van der Waals surface area contributed by atoms with Gasteiger partial charge in [0.15, 0.2) is 0 Å². The number of aliphatic carboxylic acids is 1. The highest BCUT2D eigenvalue weighted by atomic mass is 16.5. The van der Waals surface area contributed by atoms with Crippen molar-refractivity contribution in [2.75, 3.05) is 13.2 Å². The van der Waals surface area contributed by atoms with Gasteiger partial charge in [-0.2, -0.15) is 0 Å². The van der Waals surface area contributed by atoms with Gasteiger partial charge in [0.25, 0.3) is 0 Å². The maximum atomic E-state index is 11.8. The molecule has 1 aliphatic carbocycles. The number of nitrogens with one attached hydrogen (secondary N) is 1. The van der Waals surface area contributed by atoms with Gasteiger partial charge in [-0.3, -0.25) is 10.1 Å². The molecule has 1 saturated carbocycles. The van der Waals surface area contributed by atoms with Crippen LogP contribution in [0, 0.1) is 5.41 Å². The third-order valence-electron chi connectivity index (χ3n) is 4.78. The molecule has 18 heavy (non-hydrogen) atoms. The molecule has 2 rings (SSSR count). The molecular weight excluding hydrogens is 230 g/mol. The molecule has 0 spiro atoms. The van der Waals surface area contributed by atoms with Crippen LogP contribution in [0.2, 0.25) is 0 Å². The Balaban J connectivity index is 2.07. The van der Waals surface area contributed by atoms with Gasteiger partial charge in [0.1, 0.15) is 5.54 Å². The van der Waals surface area contributed by atoms with Gasteiger partial charge >= 0.3 is 5.97 Å². The molecule has 1 aliphatic heterocycles. The number of carbonyl (C=O) groups is 1. The molecule has 2 atom stereocenters. The van der Waals surface area contributed by atoms with Crippen molar-refractivity contribution in [3.8, 4) is 0 Å². The van der Waals surface area contributed by atoms with E-state index in [4.69, 9.17) is 4.74 Å². The highest BCUT2D eigenvalue weighted by Crippen LogP contribution is 2.44. The predicted molar refractivity (Wildman–Crippen MR) is 69.6 cm³/mol. The molecule has 0 aromatic carbocycles. The number of ether oxygens (including phenoxy) is 1. The summed E-state index contributed by atoms with van der Waals surface area (Å²) >= 11 is 0. The minimum absolute atomic E-state index is 0.193. The fourth-order valence-electron chi connectivity index (χ4n) is 3.40. The number of rotatable bonds is 4. The molecule has 2 N–H and O–H groups in total. The van der Waals surface area contributed by atoms with Gasteiger partial charge in [0.2, 0.25) is 0 Å². The molecule has 104 valence electrons. The predicted octanol–water partition coefficient (Wildman–Crippen LogP) is 2.18. The van der Waals surface area contributed by atoms with E-state index in [0.717, 1.165) is 45.1 Å². The van der Waals surface area contributed by atoms with Gasteiger partial charge in [-0.15, -0.1) is 0 Å². The lowest BCUT2D eigenvalue weighted by Crippen LogP contribution is -2.64. The molecule has 0 aromatic rings. The van der Waals surface area contributed by atoms with Gasteiger partial charge in [0.05, 0.1) is 6.10 Å². The Labute approximate surface area is 109 Å². The maximum absolute atomic E-state index is 11.8. The fraction of sp³-hybridized carbons (Fsp3) is 0.929. The standard InChI is InChI=1S/C14H25NO3/c1-13(2)7-3-4-8-14(13,12(16)17)15-10-11-6-5-9-18-11/h11,15H,3-10H2,1-2H3,(H,16,17). The highest BCUT2D eigenvalue weighted by molar-refractivity contribution is 5.80. The molecular formula is C14H25NO3. The molecule has 4 nitrogen and oxygen atoms in total. The Morgan fingerprint density at radius 3 is 2.61 bits per heavy atom. The van der Waals surface area contributed by atoms with Crippen molar-refractivity contribution in [3.63, 3.8) is 0 Å². The Kier molecular flexibility index (Phi) is 3.97. The van der Waals surface area contributed by atoms with E-state index < -0.39 is 11.5 Å². The largest absolute Gasteiger partial charge is 0.480 e. The summed E-state index contributed by atoms with van der Waals surface area (Å²) in [5.74, 6) is -0.704. The maximum Gasteiger partial charge on any atom is 0.324 e. The summed E-state index contributed by atoms with van der Waals surface area (Å²) in [5.41, 5.74) is -0.979. The normalized spacial score (nSPS) is 35.6. The molecule has 1 heterocycles. The summed E-state index contributed by atoms with van der Waals surface area (Å²) in [6, 6.07) is 0. The van der Waals surface area contributed by atoms with E-state index in [-0.39, 0.29) is 11.5 Å². The van der Waals surface area contributed by atoms with Crippen molar-refractivity contribution >= 4 is 5.97 Å². The van der Waals surface area contributed by atoms with E-state index in [1.165, 1.54) is 0 Å². The third kappa shape index (κ3) is 2.41. The molecule has 0 radical (unpaired) electrons. The molecule has 2 fully saturated rings. The molecule has 1 saturated heterocycles. The number of hydrogen-bond donors (Lipinski definition) is 2. The summed E-state index contributed by atoms with van der Waals surface area (Å²) in [7, 11) is 0. The Morgan fingerprint density at radius 1 is 1.33 bits per heavy atom. The quantitative estimate of drug-likeness (QED) is 0.808. The highest BCUT2D eigenvalue weighted by Gasteiger charge is 2.52. The van der Waals surface area contributed by atoms with Crippen LogP contribution in [0.4, 0.5) is 0 Å². The topological polar surface area (TPSA) is 58.6 Å². The lowest BCUT2D eigenvalue weighted by atomic mass is 9.63. The second-order valence-corrected chi connectivity index (χ2v) is 6.32. The number of hydrogen-bond acceptors (Lipinski definition) is 3. The van der Waals surface area contributed by atoms with Crippen LogP contribution in [0.15, 0.2) is 0 Å². The summed E-state index contributed by atoms with van der Waals surface area (Å²) in [5, 5.41) is 13.0. The van der Waals surface area contributed by atoms with Crippen molar-refractivity contribution in [3.05, 3.63) is 0 Å². The SMILES string of the molecule is CC1(C)CCCCC1(NCC1CCCO1)C(=O)O. The second-order valence-electron chi connectivity index (χ2n) is 6.32. The fourth-order valence-corrected chi connectivity index (χ4v) is 3.40. The zero-order chi connectivity index (χ0) is 13.2. The number of carboxylic acids is 1. The molecule has 4 heteroatoms. The van der Waals surface area contributed by atoms with Crippen LogP contribution in [0.1, 0.15) is 52.4 Å². The average Bonchev–Trinajstić information content (AvgIpc) is 2.80. The van der Waals surface area contributed by atoms with Gasteiger partial charge in [-0.1, -0.05) is 26.7 Å². The van der Waals surface area contributed by atoms with Crippen molar-refractivity contribution in [1.29, 1.82) is 0 Å². The zero-order valence-corrected chi connectivity index (χ0v) is 11.5. The van der Waals surface area contributed by atoms with Gasteiger partial charge < -0.3 is 9.84 Å². The molecule has 0 bridgehead atoms. The minimum atomic E-state index is -0.781. The smallest absolute Gasteiger partial charge is 0.324 e. The van der Waals surface area contributed by atoms with E-state index >= 15 is 0 Å². The van der Waals surface area contributed by atoms with Crippen LogP contribution < -0.4 is 5.32 Å². The number of carboxylic acid groups (broad SMARTS) is 1. The van der Waals surface area contributed by atoms with Crippen LogP contribution in [-0.2, 0) is 9.53 Å². The molecule has 0 aromatic heterocycles. The Bertz CT molecular complexity index is 310. The van der Waals surface area contributed by atoms with E-state index in [0.29, 0.717) is 6.54 Å². The first-order valence-corrected chi connectivity index (χ1v) is 7.08. The Hall–Kier alpha value is -0.610. The van der Waals surface area contributed by atoms with Crippen molar-refractivity contribution in [2.45, 2.75) is 64.0 Å². The lowest BCUT2D eigenvalue weighted by molar-refractivity contribution is -0.153. The van der Waals surface area contributed by atoms with Crippen molar-refractivity contribution in [2.24, 2.45) is 5.41 Å². The molecule has 2 aliphatic rings. The first-order chi connectivity index (χ1) is 8.48. The summed E-state index contributed by atoms with van der Waals surface area (Å²) < 4.78 is 5.58. The van der Waals surface area contributed by atoms with Gasteiger partial charge in [-0.25, -0.2) is 0 Å². The first kappa shape index (κ1) is 13.8. The third-order valence-corrected chi connectivity index (χ3v) is 4.78. The molecule has 2 unspecified atom stereocenters. The van der Waals surface area contributed by atoms with Crippen LogP contribution in [0.3, 0.4) is 0 Å². The minimum Gasteiger partial charge on any atom is -0.480 e. The van der Waals surface area contributed by atoms with Gasteiger partial charge in [-0.05, 0) is 31.1 Å².